The van der Waals surface area contributed by atoms with Crippen molar-refractivity contribution in [3.63, 3.8) is 0 Å². The maximum Gasteiger partial charge on any atom is 0.161 e. The summed E-state index contributed by atoms with van der Waals surface area (Å²) in [6.45, 7) is 8.24. The van der Waals surface area contributed by atoms with Gasteiger partial charge in [0.25, 0.3) is 0 Å². The molecule has 1 aliphatic rings. The van der Waals surface area contributed by atoms with Gasteiger partial charge in [-0.15, -0.1) is 0 Å². The third-order valence-electron chi connectivity index (χ3n) is 3.70. The second kappa shape index (κ2) is 7.32. The molecule has 3 atom stereocenters. The SMILES string of the molecule is CCOc1ccc(C(Br)C2CCOC2C)cc1OCC. The Hall–Kier alpha value is -0.740. The number of ether oxygens (including phenoxy) is 3. The Morgan fingerprint density at radius 3 is 2.55 bits per heavy atom. The van der Waals surface area contributed by atoms with Crippen LogP contribution in [0.4, 0.5) is 0 Å². The van der Waals surface area contributed by atoms with E-state index in [2.05, 4.69) is 35.0 Å². The van der Waals surface area contributed by atoms with E-state index in [4.69, 9.17) is 14.2 Å². The summed E-state index contributed by atoms with van der Waals surface area (Å²) in [4.78, 5) is 0.287. The van der Waals surface area contributed by atoms with E-state index >= 15 is 0 Å². The van der Waals surface area contributed by atoms with Gasteiger partial charge in [-0.2, -0.15) is 0 Å². The minimum atomic E-state index is 0.287. The third-order valence-corrected chi connectivity index (χ3v) is 4.90. The number of rotatable bonds is 6. The van der Waals surface area contributed by atoms with E-state index in [0.29, 0.717) is 25.2 Å². The lowest BCUT2D eigenvalue weighted by Crippen LogP contribution is -2.16. The highest BCUT2D eigenvalue weighted by Crippen LogP contribution is 2.42. The Labute approximate surface area is 129 Å². The van der Waals surface area contributed by atoms with Crippen LogP contribution in [0.25, 0.3) is 0 Å². The normalized spacial score (nSPS) is 23.6. The van der Waals surface area contributed by atoms with Gasteiger partial charge in [-0.05, 0) is 44.9 Å². The molecule has 1 aromatic rings. The fourth-order valence-electron chi connectivity index (χ4n) is 2.62. The topological polar surface area (TPSA) is 27.7 Å². The van der Waals surface area contributed by atoms with E-state index in [9.17, 15) is 0 Å². The van der Waals surface area contributed by atoms with E-state index in [-0.39, 0.29) is 4.83 Å². The van der Waals surface area contributed by atoms with Gasteiger partial charge in [-0.1, -0.05) is 22.0 Å². The zero-order valence-corrected chi connectivity index (χ0v) is 14.0. The molecule has 0 N–H and O–H groups in total. The Kier molecular flexibility index (Phi) is 5.73. The first-order chi connectivity index (χ1) is 9.67. The van der Waals surface area contributed by atoms with Crippen LogP contribution in [0.2, 0.25) is 0 Å². The predicted octanol–water partition coefficient (Wildman–Crippen LogP) is 4.35. The number of hydrogen-bond acceptors (Lipinski definition) is 3. The molecule has 1 saturated heterocycles. The van der Waals surface area contributed by atoms with Crippen LogP contribution in [0.1, 0.15) is 37.6 Å². The Bertz CT molecular complexity index is 436. The number of hydrogen-bond donors (Lipinski definition) is 0. The minimum absolute atomic E-state index is 0.287. The molecule has 0 spiro atoms. The largest absolute Gasteiger partial charge is 0.490 e. The summed E-state index contributed by atoms with van der Waals surface area (Å²) >= 11 is 3.83. The molecule has 112 valence electrons. The molecule has 1 heterocycles. The maximum absolute atomic E-state index is 5.69. The molecule has 0 aliphatic carbocycles. The van der Waals surface area contributed by atoms with E-state index in [1.165, 1.54) is 5.56 Å². The summed E-state index contributed by atoms with van der Waals surface area (Å²) in [5.74, 6) is 2.14. The van der Waals surface area contributed by atoms with Crippen LogP contribution in [-0.2, 0) is 4.74 Å². The maximum atomic E-state index is 5.69. The summed E-state index contributed by atoms with van der Waals surface area (Å²) in [5.41, 5.74) is 1.22. The van der Waals surface area contributed by atoms with Crippen molar-refractivity contribution < 1.29 is 14.2 Å². The molecule has 3 unspecified atom stereocenters. The number of halogens is 1. The summed E-state index contributed by atoms with van der Waals surface area (Å²) in [6, 6.07) is 6.19. The standard InChI is InChI=1S/C16H23BrO3/c1-4-18-14-7-6-12(10-15(14)19-5-2)16(17)13-8-9-20-11(13)3/h6-7,10-11,13,16H,4-5,8-9H2,1-3H3. The number of alkyl halides is 1. The lowest BCUT2D eigenvalue weighted by Gasteiger charge is -2.22. The van der Waals surface area contributed by atoms with Gasteiger partial charge in [-0.3, -0.25) is 0 Å². The zero-order chi connectivity index (χ0) is 14.5. The lowest BCUT2D eigenvalue weighted by molar-refractivity contribution is 0.105. The van der Waals surface area contributed by atoms with Crippen LogP contribution in [0.15, 0.2) is 18.2 Å². The molecule has 0 saturated carbocycles. The Balaban J connectivity index is 2.20. The average Bonchev–Trinajstić information content (AvgIpc) is 2.86. The third kappa shape index (κ3) is 3.47. The van der Waals surface area contributed by atoms with Crippen LogP contribution in [0.3, 0.4) is 0 Å². The van der Waals surface area contributed by atoms with Crippen LogP contribution in [-0.4, -0.2) is 25.9 Å². The second-order valence-corrected chi connectivity index (χ2v) is 5.99. The molecule has 1 aliphatic heterocycles. The first kappa shape index (κ1) is 15.6. The van der Waals surface area contributed by atoms with Gasteiger partial charge in [0.15, 0.2) is 11.5 Å². The molecule has 2 rings (SSSR count). The van der Waals surface area contributed by atoms with Gasteiger partial charge in [0.05, 0.1) is 19.3 Å². The van der Waals surface area contributed by atoms with E-state index in [1.807, 2.05) is 19.9 Å². The molecule has 0 aromatic heterocycles. The zero-order valence-electron chi connectivity index (χ0n) is 12.4. The molecule has 1 aromatic carbocycles. The van der Waals surface area contributed by atoms with Crippen molar-refractivity contribution in [2.45, 2.75) is 38.1 Å². The fraction of sp³-hybridized carbons (Fsp3) is 0.625. The van der Waals surface area contributed by atoms with Crippen LogP contribution >= 0.6 is 15.9 Å². The van der Waals surface area contributed by atoms with Crippen LogP contribution in [0.5, 0.6) is 11.5 Å². The molecule has 4 heteroatoms. The average molecular weight is 343 g/mol. The Morgan fingerprint density at radius 1 is 1.25 bits per heavy atom. The highest BCUT2D eigenvalue weighted by Gasteiger charge is 2.31. The van der Waals surface area contributed by atoms with Gasteiger partial charge in [0.2, 0.25) is 0 Å². The van der Waals surface area contributed by atoms with Crippen molar-refractivity contribution in [3.05, 3.63) is 23.8 Å². The molecular weight excluding hydrogens is 320 g/mol. The van der Waals surface area contributed by atoms with E-state index in [0.717, 1.165) is 24.5 Å². The van der Waals surface area contributed by atoms with Crippen molar-refractivity contribution in [1.29, 1.82) is 0 Å². The van der Waals surface area contributed by atoms with Crippen molar-refractivity contribution >= 4 is 15.9 Å². The van der Waals surface area contributed by atoms with Gasteiger partial charge in [-0.25, -0.2) is 0 Å². The van der Waals surface area contributed by atoms with Crippen LogP contribution in [0, 0.1) is 5.92 Å². The summed E-state index contributed by atoms with van der Waals surface area (Å²) in [7, 11) is 0. The van der Waals surface area contributed by atoms with Crippen molar-refractivity contribution in [2.24, 2.45) is 5.92 Å². The van der Waals surface area contributed by atoms with Gasteiger partial charge in [0.1, 0.15) is 0 Å². The Morgan fingerprint density at radius 2 is 1.95 bits per heavy atom. The summed E-state index contributed by atoms with van der Waals surface area (Å²) in [6.07, 6.45) is 1.38. The van der Waals surface area contributed by atoms with E-state index < -0.39 is 0 Å². The molecular formula is C16H23BrO3. The molecule has 20 heavy (non-hydrogen) atoms. The number of benzene rings is 1. The highest BCUT2D eigenvalue weighted by atomic mass is 79.9. The lowest BCUT2D eigenvalue weighted by atomic mass is 9.93. The quantitative estimate of drug-likeness (QED) is 0.719. The smallest absolute Gasteiger partial charge is 0.161 e. The van der Waals surface area contributed by atoms with Crippen LogP contribution < -0.4 is 9.47 Å². The first-order valence-corrected chi connectivity index (χ1v) is 8.24. The molecule has 1 fully saturated rings. The fourth-order valence-corrected chi connectivity index (χ4v) is 3.60. The summed E-state index contributed by atoms with van der Waals surface area (Å²) in [5, 5.41) is 0. The predicted molar refractivity (Wildman–Crippen MR) is 84.0 cm³/mol. The van der Waals surface area contributed by atoms with Crippen molar-refractivity contribution in [2.75, 3.05) is 19.8 Å². The molecule has 0 bridgehead atoms. The second-order valence-electron chi connectivity index (χ2n) is 5.00. The van der Waals surface area contributed by atoms with Crippen molar-refractivity contribution in [3.8, 4) is 11.5 Å². The van der Waals surface area contributed by atoms with E-state index in [1.54, 1.807) is 0 Å². The monoisotopic (exact) mass is 342 g/mol. The summed E-state index contributed by atoms with van der Waals surface area (Å²) < 4.78 is 17.0. The molecule has 3 nitrogen and oxygen atoms in total. The van der Waals surface area contributed by atoms with Crippen molar-refractivity contribution in [1.82, 2.24) is 0 Å². The van der Waals surface area contributed by atoms with Gasteiger partial charge in [0, 0.05) is 17.4 Å². The van der Waals surface area contributed by atoms with Gasteiger partial charge >= 0.3 is 0 Å². The first-order valence-electron chi connectivity index (χ1n) is 7.32. The van der Waals surface area contributed by atoms with Gasteiger partial charge < -0.3 is 14.2 Å². The molecule has 0 radical (unpaired) electrons. The highest BCUT2D eigenvalue weighted by molar-refractivity contribution is 9.09. The minimum Gasteiger partial charge on any atom is -0.490 e. The molecule has 0 amide bonds.